The van der Waals surface area contributed by atoms with Crippen molar-refractivity contribution in [2.45, 2.75) is 33.1 Å². The fourth-order valence-corrected chi connectivity index (χ4v) is 2.80. The molecule has 0 amide bonds. The summed E-state index contributed by atoms with van der Waals surface area (Å²) in [6.45, 7) is 7.76. The summed E-state index contributed by atoms with van der Waals surface area (Å²) in [5, 5.41) is 10.3. The Morgan fingerprint density at radius 3 is 2.04 bits per heavy atom. The molecule has 0 saturated carbocycles. The summed E-state index contributed by atoms with van der Waals surface area (Å²) in [5.41, 5.74) is 2.41. The van der Waals surface area contributed by atoms with Crippen molar-refractivity contribution in [1.82, 2.24) is 4.90 Å². The van der Waals surface area contributed by atoms with E-state index in [1.165, 1.54) is 5.56 Å². The Morgan fingerprint density at radius 1 is 0.875 bits per heavy atom. The Bertz CT molecular complexity index is 557. The van der Waals surface area contributed by atoms with Gasteiger partial charge in [-0.15, -0.1) is 0 Å². The first-order chi connectivity index (χ1) is 11.6. The summed E-state index contributed by atoms with van der Waals surface area (Å²) >= 11 is 0. The lowest BCUT2D eigenvalue weighted by Gasteiger charge is -2.26. The Morgan fingerprint density at radius 2 is 1.46 bits per heavy atom. The van der Waals surface area contributed by atoms with E-state index in [4.69, 9.17) is 4.74 Å². The van der Waals surface area contributed by atoms with Gasteiger partial charge in [-0.05, 0) is 17.0 Å². The SMILES string of the molecule is CC(C)CN(Cc1ccccc1)CC(O)COCc1ccccc1. The first-order valence-electron chi connectivity index (χ1n) is 8.69. The number of nitrogens with zero attached hydrogens (tertiary/aromatic N) is 1. The van der Waals surface area contributed by atoms with Crippen molar-refractivity contribution >= 4 is 0 Å². The zero-order chi connectivity index (χ0) is 17.2. The van der Waals surface area contributed by atoms with Gasteiger partial charge in [0, 0.05) is 19.6 Å². The van der Waals surface area contributed by atoms with E-state index in [2.05, 4.69) is 43.0 Å². The first kappa shape index (κ1) is 18.7. The van der Waals surface area contributed by atoms with E-state index in [1.807, 2.05) is 36.4 Å². The molecule has 2 rings (SSSR count). The monoisotopic (exact) mass is 327 g/mol. The molecule has 0 bridgehead atoms. The molecule has 0 saturated heterocycles. The number of benzene rings is 2. The molecule has 24 heavy (non-hydrogen) atoms. The molecule has 0 spiro atoms. The van der Waals surface area contributed by atoms with Crippen LogP contribution in [0.15, 0.2) is 60.7 Å². The van der Waals surface area contributed by atoms with Gasteiger partial charge in [-0.25, -0.2) is 0 Å². The van der Waals surface area contributed by atoms with Crippen LogP contribution in [-0.4, -0.2) is 35.8 Å². The Balaban J connectivity index is 1.79. The van der Waals surface area contributed by atoms with Crippen molar-refractivity contribution in [2.24, 2.45) is 5.92 Å². The van der Waals surface area contributed by atoms with Crippen LogP contribution in [0.4, 0.5) is 0 Å². The van der Waals surface area contributed by atoms with Crippen molar-refractivity contribution in [3.8, 4) is 0 Å². The molecular formula is C21H29NO2. The molecule has 0 aliphatic heterocycles. The second kappa shape index (κ2) is 10.2. The number of ether oxygens (including phenoxy) is 1. The van der Waals surface area contributed by atoms with Gasteiger partial charge in [0.05, 0.1) is 19.3 Å². The van der Waals surface area contributed by atoms with Gasteiger partial charge in [0.25, 0.3) is 0 Å². The normalized spacial score (nSPS) is 12.7. The van der Waals surface area contributed by atoms with Crippen LogP contribution in [0.2, 0.25) is 0 Å². The van der Waals surface area contributed by atoms with Crippen LogP contribution in [0.25, 0.3) is 0 Å². The lowest BCUT2D eigenvalue weighted by molar-refractivity contribution is 0.00678. The minimum absolute atomic E-state index is 0.359. The summed E-state index contributed by atoms with van der Waals surface area (Å²) in [6.07, 6.45) is -0.476. The van der Waals surface area contributed by atoms with Gasteiger partial charge in [0.1, 0.15) is 0 Å². The zero-order valence-corrected chi connectivity index (χ0v) is 14.8. The maximum atomic E-state index is 10.3. The number of hydrogen-bond acceptors (Lipinski definition) is 3. The highest BCUT2D eigenvalue weighted by molar-refractivity contribution is 5.14. The first-order valence-corrected chi connectivity index (χ1v) is 8.69. The smallest absolute Gasteiger partial charge is 0.0900 e. The molecule has 1 atom stereocenters. The molecule has 0 aliphatic carbocycles. The molecule has 0 fully saturated rings. The fourth-order valence-electron chi connectivity index (χ4n) is 2.80. The quantitative estimate of drug-likeness (QED) is 0.722. The van der Waals surface area contributed by atoms with E-state index in [9.17, 15) is 5.11 Å². The third kappa shape index (κ3) is 7.26. The van der Waals surface area contributed by atoms with Crippen LogP contribution >= 0.6 is 0 Å². The van der Waals surface area contributed by atoms with Gasteiger partial charge in [-0.1, -0.05) is 74.5 Å². The third-order valence-electron chi connectivity index (χ3n) is 3.76. The van der Waals surface area contributed by atoms with Crippen LogP contribution in [0.5, 0.6) is 0 Å². The lowest BCUT2D eigenvalue weighted by atomic mass is 10.1. The molecular weight excluding hydrogens is 298 g/mol. The van der Waals surface area contributed by atoms with Gasteiger partial charge >= 0.3 is 0 Å². The molecule has 3 nitrogen and oxygen atoms in total. The highest BCUT2D eigenvalue weighted by Gasteiger charge is 2.14. The average Bonchev–Trinajstić information content (AvgIpc) is 2.56. The number of hydrogen-bond donors (Lipinski definition) is 1. The molecule has 0 heterocycles. The lowest BCUT2D eigenvalue weighted by Crippen LogP contribution is -2.36. The molecule has 0 aliphatic rings. The minimum atomic E-state index is -0.476. The summed E-state index contributed by atoms with van der Waals surface area (Å²) in [4.78, 5) is 2.30. The second-order valence-corrected chi connectivity index (χ2v) is 6.73. The van der Waals surface area contributed by atoms with Crippen molar-refractivity contribution in [3.05, 3.63) is 71.8 Å². The largest absolute Gasteiger partial charge is 0.389 e. The topological polar surface area (TPSA) is 32.7 Å². The predicted molar refractivity (Wildman–Crippen MR) is 98.7 cm³/mol. The van der Waals surface area contributed by atoms with Crippen molar-refractivity contribution in [3.63, 3.8) is 0 Å². The molecule has 0 aromatic heterocycles. The van der Waals surface area contributed by atoms with Crippen molar-refractivity contribution in [1.29, 1.82) is 0 Å². The predicted octanol–water partition coefficient (Wildman–Crippen LogP) is 3.72. The van der Waals surface area contributed by atoms with Crippen LogP contribution in [-0.2, 0) is 17.9 Å². The van der Waals surface area contributed by atoms with Crippen LogP contribution in [0.1, 0.15) is 25.0 Å². The second-order valence-electron chi connectivity index (χ2n) is 6.73. The van der Waals surface area contributed by atoms with E-state index in [-0.39, 0.29) is 0 Å². The van der Waals surface area contributed by atoms with E-state index in [1.54, 1.807) is 0 Å². The van der Waals surface area contributed by atoms with Gasteiger partial charge < -0.3 is 9.84 Å². The summed E-state index contributed by atoms with van der Waals surface area (Å²) in [7, 11) is 0. The minimum Gasteiger partial charge on any atom is -0.389 e. The van der Waals surface area contributed by atoms with Crippen LogP contribution in [0.3, 0.4) is 0 Å². The fraction of sp³-hybridized carbons (Fsp3) is 0.429. The Kier molecular flexibility index (Phi) is 7.96. The van der Waals surface area contributed by atoms with E-state index in [0.717, 1.165) is 18.7 Å². The summed E-state index contributed by atoms with van der Waals surface area (Å²) in [6, 6.07) is 20.5. The van der Waals surface area contributed by atoms with Gasteiger partial charge in [0.2, 0.25) is 0 Å². The molecule has 1 unspecified atom stereocenters. The maximum Gasteiger partial charge on any atom is 0.0900 e. The number of aliphatic hydroxyl groups is 1. The van der Waals surface area contributed by atoms with Gasteiger partial charge in [0.15, 0.2) is 0 Å². The molecule has 2 aromatic rings. The standard InChI is InChI=1S/C21H29NO2/c1-18(2)13-22(14-19-9-5-3-6-10-19)15-21(23)17-24-16-20-11-7-4-8-12-20/h3-12,18,21,23H,13-17H2,1-2H3. The third-order valence-corrected chi connectivity index (χ3v) is 3.76. The van der Waals surface area contributed by atoms with E-state index in [0.29, 0.717) is 25.7 Å². The maximum absolute atomic E-state index is 10.3. The van der Waals surface area contributed by atoms with Crippen LogP contribution in [0, 0.1) is 5.92 Å². The van der Waals surface area contributed by atoms with Gasteiger partial charge in [-0.2, -0.15) is 0 Å². The Labute approximate surface area is 145 Å². The molecule has 130 valence electrons. The highest BCUT2D eigenvalue weighted by atomic mass is 16.5. The van der Waals surface area contributed by atoms with Crippen molar-refractivity contribution in [2.75, 3.05) is 19.7 Å². The zero-order valence-electron chi connectivity index (χ0n) is 14.8. The van der Waals surface area contributed by atoms with E-state index >= 15 is 0 Å². The molecule has 2 aromatic carbocycles. The van der Waals surface area contributed by atoms with Gasteiger partial charge in [-0.3, -0.25) is 4.90 Å². The van der Waals surface area contributed by atoms with Crippen LogP contribution < -0.4 is 0 Å². The summed E-state index contributed by atoms with van der Waals surface area (Å²) in [5.74, 6) is 0.561. The van der Waals surface area contributed by atoms with E-state index < -0.39 is 6.10 Å². The number of aliphatic hydroxyl groups excluding tert-OH is 1. The molecule has 1 N–H and O–H groups in total. The Hall–Kier alpha value is -1.68. The number of rotatable bonds is 10. The molecule has 3 heteroatoms. The van der Waals surface area contributed by atoms with Crippen molar-refractivity contribution < 1.29 is 9.84 Å². The summed E-state index contributed by atoms with van der Waals surface area (Å²) < 4.78 is 5.66. The molecule has 0 radical (unpaired) electrons. The highest BCUT2D eigenvalue weighted by Crippen LogP contribution is 2.09. The average molecular weight is 327 g/mol.